The van der Waals surface area contributed by atoms with Crippen LogP contribution in [0, 0.1) is 18.7 Å². The van der Waals surface area contributed by atoms with Crippen LogP contribution < -0.4 is 15.0 Å². The number of rotatable bonds is 7. The van der Waals surface area contributed by atoms with E-state index in [-0.39, 0.29) is 38.8 Å². The first-order chi connectivity index (χ1) is 20.1. The summed E-state index contributed by atoms with van der Waals surface area (Å²) in [6, 6.07) is 16.9. The van der Waals surface area contributed by atoms with Crippen molar-refractivity contribution in [1.82, 2.24) is 9.97 Å². The molecule has 42 heavy (non-hydrogen) atoms. The molecule has 0 spiro atoms. The maximum Gasteiger partial charge on any atom is 0.271 e. The highest BCUT2D eigenvalue weighted by Crippen LogP contribution is 2.48. The molecule has 0 radical (unpaired) electrons. The summed E-state index contributed by atoms with van der Waals surface area (Å²) >= 11 is 0. The molecule has 2 heterocycles. The van der Waals surface area contributed by atoms with E-state index in [1.165, 1.54) is 56.8 Å². The van der Waals surface area contributed by atoms with E-state index in [1.807, 2.05) is 0 Å². The molecule has 3 aromatic carbocycles. The molecule has 0 aliphatic heterocycles. The number of methoxy groups -OCH3 is 2. The van der Waals surface area contributed by atoms with Crippen molar-refractivity contribution in [3.63, 3.8) is 0 Å². The highest BCUT2D eigenvalue weighted by atomic mass is 32.2. The first kappa shape index (κ1) is 28.5. The molecule has 214 valence electrons. The summed E-state index contributed by atoms with van der Waals surface area (Å²) in [5, 5.41) is 11.6. The minimum atomic E-state index is -4.61. The van der Waals surface area contributed by atoms with Crippen molar-refractivity contribution in [1.29, 1.82) is 0 Å². The molecule has 5 rings (SSSR count). The molecule has 8 nitrogen and oxygen atoms in total. The normalized spacial score (nSPS) is 11.4. The molecule has 0 unspecified atom stereocenters. The van der Waals surface area contributed by atoms with Crippen LogP contribution >= 0.6 is 0 Å². The number of pyridine rings is 2. The smallest absolute Gasteiger partial charge is 0.271 e. The van der Waals surface area contributed by atoms with Crippen molar-refractivity contribution in [2.24, 2.45) is 0 Å². The van der Waals surface area contributed by atoms with Gasteiger partial charge in [-0.1, -0.05) is 18.2 Å². The molecular formula is C31H24F2N2O6S. The lowest BCUT2D eigenvalue weighted by Gasteiger charge is -2.19. The van der Waals surface area contributed by atoms with E-state index in [0.717, 1.165) is 12.1 Å². The minimum Gasteiger partial charge on any atom is -0.506 e. The number of sulfone groups is 1. The molecule has 0 saturated carbocycles. The Hall–Kier alpha value is -5.03. The van der Waals surface area contributed by atoms with Crippen LogP contribution in [0.2, 0.25) is 0 Å². The third kappa shape index (κ3) is 4.88. The Kier molecular flexibility index (Phi) is 7.53. The summed E-state index contributed by atoms with van der Waals surface area (Å²) in [7, 11) is -1.85. The number of ether oxygens (including phenoxy) is 2. The van der Waals surface area contributed by atoms with Crippen LogP contribution in [0.1, 0.15) is 5.56 Å². The molecule has 0 fully saturated rings. The van der Waals surface area contributed by atoms with Crippen molar-refractivity contribution in [2.75, 3.05) is 14.2 Å². The SMILES string of the molecule is COc1cccc(OC)c1-c1c(-c2ccc(F)cc2)[nH]c(=O)c(S(=O)(=O)c2ccc(-c3ccnc(F)c3C)cc2)c1O. The van der Waals surface area contributed by atoms with E-state index in [4.69, 9.17) is 9.47 Å². The van der Waals surface area contributed by atoms with Crippen LogP contribution in [-0.4, -0.2) is 37.7 Å². The Labute approximate surface area is 239 Å². The maximum atomic E-state index is 14.0. The van der Waals surface area contributed by atoms with Gasteiger partial charge in [0.2, 0.25) is 15.8 Å². The Morgan fingerprint density at radius 3 is 2.02 bits per heavy atom. The topological polar surface area (TPSA) is 119 Å². The fourth-order valence-electron chi connectivity index (χ4n) is 4.75. The summed E-state index contributed by atoms with van der Waals surface area (Å²) in [6.45, 7) is 1.55. The van der Waals surface area contributed by atoms with Crippen molar-refractivity contribution in [2.45, 2.75) is 16.7 Å². The van der Waals surface area contributed by atoms with Crippen LogP contribution in [0.3, 0.4) is 0 Å². The number of halogens is 2. The number of nitrogens with one attached hydrogen (secondary N) is 1. The number of aromatic nitrogens is 2. The Morgan fingerprint density at radius 2 is 1.43 bits per heavy atom. The first-order valence-corrected chi connectivity index (χ1v) is 14.0. The number of nitrogens with zero attached hydrogens (tertiary/aromatic N) is 1. The molecule has 0 amide bonds. The zero-order valence-electron chi connectivity index (χ0n) is 22.6. The average molecular weight is 591 g/mol. The second-order valence-corrected chi connectivity index (χ2v) is 11.1. The van der Waals surface area contributed by atoms with Crippen LogP contribution in [0.25, 0.3) is 33.5 Å². The van der Waals surface area contributed by atoms with Crippen LogP contribution in [0.4, 0.5) is 8.78 Å². The second kappa shape index (κ2) is 11.1. The molecule has 0 bridgehead atoms. The Morgan fingerprint density at radius 1 is 0.833 bits per heavy atom. The van der Waals surface area contributed by atoms with Crippen molar-refractivity contribution in [3.05, 3.63) is 107 Å². The largest absolute Gasteiger partial charge is 0.506 e. The second-order valence-electron chi connectivity index (χ2n) is 9.23. The number of aromatic hydroxyl groups is 1. The van der Waals surface area contributed by atoms with Gasteiger partial charge < -0.3 is 19.6 Å². The van der Waals surface area contributed by atoms with E-state index >= 15 is 0 Å². The predicted molar refractivity (Wildman–Crippen MR) is 152 cm³/mol. The molecule has 2 N–H and O–H groups in total. The van der Waals surface area contributed by atoms with E-state index in [1.54, 1.807) is 31.2 Å². The minimum absolute atomic E-state index is 0.0183. The van der Waals surface area contributed by atoms with E-state index in [9.17, 15) is 27.1 Å². The fourth-order valence-corrected chi connectivity index (χ4v) is 6.13. The zero-order chi connectivity index (χ0) is 30.2. The third-order valence-corrected chi connectivity index (χ3v) is 8.65. The number of aromatic amines is 1. The van der Waals surface area contributed by atoms with Gasteiger partial charge in [-0.15, -0.1) is 0 Å². The van der Waals surface area contributed by atoms with Gasteiger partial charge in [0.25, 0.3) is 5.56 Å². The van der Waals surface area contributed by atoms with Gasteiger partial charge in [0.1, 0.15) is 17.3 Å². The molecule has 0 aliphatic carbocycles. The van der Waals surface area contributed by atoms with E-state index in [0.29, 0.717) is 16.7 Å². The quantitative estimate of drug-likeness (QED) is 0.226. The van der Waals surface area contributed by atoms with Gasteiger partial charge in [0.05, 0.1) is 35.9 Å². The lowest BCUT2D eigenvalue weighted by molar-refractivity contribution is 0.396. The number of hydrogen-bond acceptors (Lipinski definition) is 7. The van der Waals surface area contributed by atoms with Gasteiger partial charge in [-0.3, -0.25) is 4.79 Å². The van der Waals surface area contributed by atoms with Crippen molar-refractivity contribution < 1.29 is 31.8 Å². The summed E-state index contributed by atoms with van der Waals surface area (Å²) in [6.07, 6.45) is 1.30. The number of H-pyrrole nitrogens is 1. The third-order valence-electron chi connectivity index (χ3n) is 6.84. The Bertz CT molecular complexity index is 1950. The molecule has 11 heteroatoms. The van der Waals surface area contributed by atoms with Crippen molar-refractivity contribution >= 4 is 9.84 Å². The standard InChI is InChI=1S/C31H24F2N2O6S/c1-17-22(15-16-34-30(17)33)18-9-13-21(14-10-18)42(38,39)29-28(36)26(25-23(40-2)5-4-6-24(25)41-3)27(35-31(29)37)19-7-11-20(32)12-8-19/h4-16H,1-3H3,(H2,35,36,37). The van der Waals surface area contributed by atoms with Gasteiger partial charge >= 0.3 is 0 Å². The molecule has 2 aromatic heterocycles. The lowest BCUT2D eigenvalue weighted by Crippen LogP contribution is -2.20. The van der Waals surface area contributed by atoms with Crippen LogP contribution in [-0.2, 0) is 9.84 Å². The van der Waals surface area contributed by atoms with Crippen molar-refractivity contribution in [3.8, 4) is 50.8 Å². The highest BCUT2D eigenvalue weighted by molar-refractivity contribution is 7.91. The summed E-state index contributed by atoms with van der Waals surface area (Å²) in [4.78, 5) is 18.4. The van der Waals surface area contributed by atoms with Gasteiger partial charge in [0.15, 0.2) is 10.6 Å². The molecule has 0 atom stereocenters. The zero-order valence-corrected chi connectivity index (χ0v) is 23.4. The Balaban J connectivity index is 1.76. The van der Waals surface area contributed by atoms with Gasteiger partial charge in [0, 0.05) is 11.8 Å². The first-order valence-electron chi connectivity index (χ1n) is 12.5. The van der Waals surface area contributed by atoms with Crippen LogP contribution in [0.15, 0.2) is 93.6 Å². The molecule has 0 saturated heterocycles. The summed E-state index contributed by atoms with van der Waals surface area (Å²) in [5.41, 5.74) is 0.601. The number of hydrogen-bond donors (Lipinski definition) is 2. The fraction of sp³-hybridized carbons (Fsp3) is 0.0968. The summed E-state index contributed by atoms with van der Waals surface area (Å²) in [5.74, 6) is -1.60. The molecule has 5 aromatic rings. The van der Waals surface area contributed by atoms with Gasteiger partial charge in [-0.05, 0) is 78.2 Å². The lowest BCUT2D eigenvalue weighted by atomic mass is 9.96. The molecular weight excluding hydrogens is 566 g/mol. The van der Waals surface area contributed by atoms with Crippen LogP contribution in [0.5, 0.6) is 17.2 Å². The van der Waals surface area contributed by atoms with E-state index in [2.05, 4.69) is 9.97 Å². The van der Waals surface area contributed by atoms with Gasteiger partial charge in [-0.25, -0.2) is 17.8 Å². The summed E-state index contributed by atoms with van der Waals surface area (Å²) < 4.78 is 66.5. The maximum absolute atomic E-state index is 14.0. The monoisotopic (exact) mass is 590 g/mol. The predicted octanol–water partition coefficient (Wildman–Crippen LogP) is 5.91. The van der Waals surface area contributed by atoms with E-state index < -0.39 is 37.8 Å². The van der Waals surface area contributed by atoms with Gasteiger partial charge in [-0.2, -0.15) is 4.39 Å². The average Bonchev–Trinajstić information content (AvgIpc) is 2.98. The molecule has 0 aliphatic rings. The highest BCUT2D eigenvalue weighted by Gasteiger charge is 2.32. The number of benzene rings is 3.